The number of carbonyl (C=O) groups is 1. The maximum atomic E-state index is 13.8. The molecule has 1 spiro atoms. The molecule has 1 atom stereocenters. The first kappa shape index (κ1) is 18.1. The molecule has 2 saturated heterocycles. The lowest BCUT2D eigenvalue weighted by atomic mass is 9.49. The minimum atomic E-state index is -0.437. The van der Waals surface area contributed by atoms with Crippen LogP contribution in [0.25, 0.3) is 0 Å². The quantitative estimate of drug-likeness (QED) is 0.777. The number of nitrogens with zero attached hydrogens (tertiary/aromatic N) is 2. The van der Waals surface area contributed by atoms with Gasteiger partial charge in [-0.1, -0.05) is 0 Å². The van der Waals surface area contributed by atoms with Crippen molar-refractivity contribution in [2.75, 3.05) is 26.3 Å². The van der Waals surface area contributed by atoms with Gasteiger partial charge in [-0.25, -0.2) is 9.37 Å². The summed E-state index contributed by atoms with van der Waals surface area (Å²) in [5.41, 5.74) is -0.402. The lowest BCUT2D eigenvalue weighted by Gasteiger charge is -2.59. The predicted octanol–water partition coefficient (Wildman–Crippen LogP) is 3.43. The molecule has 0 radical (unpaired) electrons. The van der Waals surface area contributed by atoms with Crippen LogP contribution in [0.4, 0.5) is 4.39 Å². The third-order valence-corrected chi connectivity index (χ3v) is 8.44. The number of amides is 1. The molecule has 7 rings (SSSR count). The molecule has 3 heterocycles. The SMILES string of the molecule is O=C(N1CC2(C1)OCC[C@@H]2COc1ncccc1F)C12CC3CC(CC(C3)C1)C2. The normalized spacial score (nSPS) is 39.0. The van der Waals surface area contributed by atoms with Gasteiger partial charge in [-0.05, 0) is 74.8 Å². The summed E-state index contributed by atoms with van der Waals surface area (Å²) in [7, 11) is 0. The van der Waals surface area contributed by atoms with Gasteiger partial charge in [0.25, 0.3) is 0 Å². The molecule has 6 fully saturated rings. The van der Waals surface area contributed by atoms with Crippen molar-refractivity contribution in [2.24, 2.45) is 29.1 Å². The summed E-state index contributed by atoms with van der Waals surface area (Å²) in [6.07, 6.45) is 9.78. The van der Waals surface area contributed by atoms with Crippen molar-refractivity contribution in [1.82, 2.24) is 9.88 Å². The van der Waals surface area contributed by atoms with E-state index in [0.717, 1.165) is 43.4 Å². The standard InChI is InChI=1S/C23H29FN2O3/c24-19-2-1-4-25-20(19)28-12-18-3-5-29-23(18)13-26(14-23)21(27)22-9-15-6-16(10-22)8-17(7-15)11-22/h1-2,4,15-18H,3,5-14H2/t15?,16?,17?,18-,22?/m1/s1. The van der Waals surface area contributed by atoms with E-state index < -0.39 is 5.82 Å². The zero-order valence-corrected chi connectivity index (χ0v) is 16.8. The van der Waals surface area contributed by atoms with Crippen LogP contribution >= 0.6 is 0 Å². The number of hydrogen-bond acceptors (Lipinski definition) is 4. The van der Waals surface area contributed by atoms with Gasteiger partial charge < -0.3 is 14.4 Å². The summed E-state index contributed by atoms with van der Waals surface area (Å²) in [5, 5.41) is 0. The highest BCUT2D eigenvalue weighted by atomic mass is 19.1. The van der Waals surface area contributed by atoms with Gasteiger partial charge in [-0.15, -0.1) is 0 Å². The molecular formula is C23H29FN2O3. The van der Waals surface area contributed by atoms with Crippen molar-refractivity contribution in [3.05, 3.63) is 24.1 Å². The van der Waals surface area contributed by atoms with Crippen LogP contribution in [-0.2, 0) is 9.53 Å². The highest BCUT2D eigenvalue weighted by Crippen LogP contribution is 2.61. The molecule has 4 aliphatic carbocycles. The molecule has 4 saturated carbocycles. The van der Waals surface area contributed by atoms with Gasteiger partial charge in [0.15, 0.2) is 5.82 Å². The smallest absolute Gasteiger partial charge is 0.250 e. The molecule has 0 aromatic carbocycles. The summed E-state index contributed by atoms with van der Waals surface area (Å²) in [6.45, 7) is 2.38. The van der Waals surface area contributed by atoms with Gasteiger partial charge in [0.05, 0.1) is 25.1 Å². The molecule has 29 heavy (non-hydrogen) atoms. The molecular weight excluding hydrogens is 371 g/mol. The molecule has 5 nitrogen and oxygen atoms in total. The Morgan fingerprint density at radius 2 is 1.90 bits per heavy atom. The first-order chi connectivity index (χ1) is 14.1. The molecule has 1 amide bonds. The van der Waals surface area contributed by atoms with Crippen molar-refractivity contribution in [1.29, 1.82) is 0 Å². The number of likely N-dealkylation sites (tertiary alicyclic amines) is 1. The number of ether oxygens (including phenoxy) is 2. The zero-order chi connectivity index (χ0) is 19.6. The second-order valence-electron chi connectivity index (χ2n) is 10.4. The number of halogens is 1. The third-order valence-electron chi connectivity index (χ3n) is 8.44. The number of aromatic nitrogens is 1. The van der Waals surface area contributed by atoms with Crippen LogP contribution < -0.4 is 4.74 Å². The first-order valence-electron chi connectivity index (χ1n) is 11.2. The van der Waals surface area contributed by atoms with E-state index in [1.54, 1.807) is 6.07 Å². The van der Waals surface area contributed by atoms with E-state index in [1.165, 1.54) is 31.5 Å². The topological polar surface area (TPSA) is 51.7 Å². The second kappa shape index (κ2) is 6.40. The van der Waals surface area contributed by atoms with Gasteiger partial charge in [-0.3, -0.25) is 4.79 Å². The Hall–Kier alpha value is -1.69. The van der Waals surface area contributed by atoms with Gasteiger partial charge in [0, 0.05) is 18.7 Å². The Bertz CT molecular complexity index is 787. The van der Waals surface area contributed by atoms with Crippen LogP contribution in [-0.4, -0.2) is 47.7 Å². The lowest BCUT2D eigenvalue weighted by molar-refractivity contribution is -0.187. The number of carbonyl (C=O) groups excluding carboxylic acids is 1. The molecule has 1 aromatic rings. The van der Waals surface area contributed by atoms with Crippen LogP contribution in [0.5, 0.6) is 5.88 Å². The second-order valence-corrected chi connectivity index (χ2v) is 10.4. The van der Waals surface area contributed by atoms with Crippen LogP contribution in [0, 0.1) is 34.9 Å². The number of pyridine rings is 1. The van der Waals surface area contributed by atoms with Crippen molar-refractivity contribution >= 4 is 5.91 Å². The van der Waals surface area contributed by atoms with E-state index in [-0.39, 0.29) is 22.8 Å². The molecule has 1 aromatic heterocycles. The minimum absolute atomic E-state index is 0.0513. The Kier molecular flexibility index (Phi) is 4.00. The fraction of sp³-hybridized carbons (Fsp3) is 0.739. The lowest BCUT2D eigenvalue weighted by Crippen LogP contribution is -2.69. The van der Waals surface area contributed by atoms with E-state index in [1.807, 2.05) is 4.90 Å². The van der Waals surface area contributed by atoms with E-state index in [4.69, 9.17) is 9.47 Å². The van der Waals surface area contributed by atoms with Crippen LogP contribution in [0.1, 0.15) is 44.9 Å². The summed E-state index contributed by atoms with van der Waals surface area (Å²) in [5.74, 6) is 2.49. The largest absolute Gasteiger partial charge is 0.475 e. The molecule has 6 heteroatoms. The Labute approximate surface area is 171 Å². The number of rotatable bonds is 4. The summed E-state index contributed by atoms with van der Waals surface area (Å²) >= 11 is 0. The van der Waals surface area contributed by atoms with E-state index in [0.29, 0.717) is 32.2 Å². The molecule has 2 aliphatic heterocycles. The van der Waals surface area contributed by atoms with Gasteiger partial charge in [0.1, 0.15) is 5.60 Å². The molecule has 0 N–H and O–H groups in total. The maximum absolute atomic E-state index is 13.8. The molecule has 4 bridgehead atoms. The average Bonchev–Trinajstić information content (AvgIpc) is 3.08. The summed E-state index contributed by atoms with van der Waals surface area (Å²) in [6, 6.07) is 2.92. The Balaban J connectivity index is 1.11. The monoisotopic (exact) mass is 400 g/mol. The van der Waals surface area contributed by atoms with Crippen molar-refractivity contribution in [3.63, 3.8) is 0 Å². The maximum Gasteiger partial charge on any atom is 0.250 e. The Morgan fingerprint density at radius 3 is 2.55 bits per heavy atom. The molecule has 0 unspecified atom stereocenters. The van der Waals surface area contributed by atoms with Gasteiger partial charge in [-0.2, -0.15) is 0 Å². The van der Waals surface area contributed by atoms with Crippen LogP contribution in [0.15, 0.2) is 18.3 Å². The van der Waals surface area contributed by atoms with E-state index in [9.17, 15) is 9.18 Å². The van der Waals surface area contributed by atoms with Gasteiger partial charge >= 0.3 is 0 Å². The van der Waals surface area contributed by atoms with Crippen molar-refractivity contribution in [2.45, 2.75) is 50.5 Å². The van der Waals surface area contributed by atoms with Gasteiger partial charge in [0.2, 0.25) is 11.8 Å². The highest BCUT2D eigenvalue weighted by molar-refractivity contribution is 5.84. The average molecular weight is 400 g/mol. The predicted molar refractivity (Wildman–Crippen MR) is 104 cm³/mol. The molecule has 6 aliphatic rings. The molecule has 156 valence electrons. The zero-order valence-electron chi connectivity index (χ0n) is 16.8. The van der Waals surface area contributed by atoms with E-state index >= 15 is 0 Å². The van der Waals surface area contributed by atoms with Crippen LogP contribution in [0.2, 0.25) is 0 Å². The fourth-order valence-electron chi connectivity index (χ4n) is 7.48. The number of hydrogen-bond donors (Lipinski definition) is 0. The highest BCUT2D eigenvalue weighted by Gasteiger charge is 2.60. The van der Waals surface area contributed by atoms with Crippen molar-refractivity contribution < 1.29 is 18.7 Å². The van der Waals surface area contributed by atoms with Crippen LogP contribution in [0.3, 0.4) is 0 Å². The summed E-state index contributed by atoms with van der Waals surface area (Å²) in [4.78, 5) is 19.6. The first-order valence-corrected chi connectivity index (χ1v) is 11.2. The minimum Gasteiger partial charge on any atom is -0.475 e. The fourth-order valence-corrected chi connectivity index (χ4v) is 7.48. The van der Waals surface area contributed by atoms with E-state index in [2.05, 4.69) is 4.98 Å². The Morgan fingerprint density at radius 1 is 1.21 bits per heavy atom. The third kappa shape index (κ3) is 2.82. The summed E-state index contributed by atoms with van der Waals surface area (Å²) < 4.78 is 25.6. The van der Waals surface area contributed by atoms with Crippen molar-refractivity contribution in [3.8, 4) is 5.88 Å².